The molecular weight excluding hydrogens is 479 g/mol. The first-order valence-electron chi connectivity index (χ1n) is 13.5. The lowest BCUT2D eigenvalue weighted by atomic mass is 10.0. The van der Waals surface area contributed by atoms with Gasteiger partial charge in [-0.05, 0) is 49.1 Å². The highest BCUT2D eigenvalue weighted by Gasteiger charge is 2.56. The molecule has 1 amide bonds. The lowest BCUT2D eigenvalue weighted by Gasteiger charge is -2.31. The van der Waals surface area contributed by atoms with Gasteiger partial charge < -0.3 is 24.2 Å². The standard InChI is InChI=1S/C27H35FN4O5/c1-16-20-14-22-24(23(16)20)25(27(34)31-8-4-17(5-9-31)36-12-10-33)30-32(22)15-19-13-18(6-11-35-19)37-26-21(28)3-2-7-29-26/h2-3,7,16-20,23,33H,4-6,8-15H2,1H3/t16-,18-,19-,20+,23-/m1/s1. The molecule has 2 aliphatic carbocycles. The van der Waals surface area contributed by atoms with Gasteiger partial charge in [-0.15, -0.1) is 0 Å². The van der Waals surface area contributed by atoms with Crippen LogP contribution in [-0.4, -0.2) is 81.9 Å². The maximum atomic E-state index is 14.0. The lowest BCUT2D eigenvalue weighted by molar-refractivity contribution is -0.0454. The first-order chi connectivity index (χ1) is 18.0. The summed E-state index contributed by atoms with van der Waals surface area (Å²) >= 11 is 0. The highest BCUT2D eigenvalue weighted by atomic mass is 19.1. The Hall–Kier alpha value is -2.56. The molecule has 2 saturated heterocycles. The van der Waals surface area contributed by atoms with Gasteiger partial charge in [0.15, 0.2) is 11.5 Å². The van der Waals surface area contributed by atoms with Crippen LogP contribution in [0.15, 0.2) is 18.3 Å². The minimum atomic E-state index is -0.462. The van der Waals surface area contributed by atoms with Crippen LogP contribution in [0.1, 0.15) is 60.3 Å². The van der Waals surface area contributed by atoms with Gasteiger partial charge in [0, 0.05) is 43.4 Å². The van der Waals surface area contributed by atoms with Crippen molar-refractivity contribution in [2.24, 2.45) is 11.8 Å². The van der Waals surface area contributed by atoms with E-state index in [0.717, 1.165) is 24.8 Å². The summed E-state index contributed by atoms with van der Waals surface area (Å²) in [6.07, 6.45) is 5.07. The molecule has 0 spiro atoms. The molecule has 4 heterocycles. The van der Waals surface area contributed by atoms with Crippen molar-refractivity contribution < 1.29 is 28.5 Å². The molecule has 1 N–H and O–H groups in total. The van der Waals surface area contributed by atoms with E-state index in [9.17, 15) is 9.18 Å². The number of aliphatic hydroxyl groups is 1. The fourth-order valence-electron chi connectivity index (χ4n) is 6.43. The van der Waals surface area contributed by atoms with E-state index in [1.165, 1.54) is 18.0 Å². The van der Waals surface area contributed by atoms with E-state index in [1.54, 1.807) is 6.07 Å². The first kappa shape index (κ1) is 24.8. The number of likely N-dealkylation sites (tertiary alicyclic amines) is 1. The Kier molecular flexibility index (Phi) is 6.89. The number of rotatable bonds is 8. The maximum absolute atomic E-state index is 14.0. The zero-order chi connectivity index (χ0) is 25.5. The van der Waals surface area contributed by atoms with E-state index in [0.29, 0.717) is 69.1 Å². The van der Waals surface area contributed by atoms with Crippen LogP contribution in [0, 0.1) is 17.7 Å². The summed E-state index contributed by atoms with van der Waals surface area (Å²) in [6, 6.07) is 2.90. The third kappa shape index (κ3) is 4.86. The fraction of sp³-hybridized carbons (Fsp3) is 0.667. The normalized spacial score (nSPS) is 29.2. The van der Waals surface area contributed by atoms with E-state index in [-0.39, 0.29) is 36.7 Å². The number of nitrogens with zero attached hydrogens (tertiary/aromatic N) is 4. The van der Waals surface area contributed by atoms with Crippen LogP contribution in [0.5, 0.6) is 5.88 Å². The zero-order valence-corrected chi connectivity index (χ0v) is 21.2. The monoisotopic (exact) mass is 514 g/mol. The molecule has 0 radical (unpaired) electrons. The maximum Gasteiger partial charge on any atom is 0.274 e. The molecule has 5 atom stereocenters. The lowest BCUT2D eigenvalue weighted by Crippen LogP contribution is -2.41. The van der Waals surface area contributed by atoms with Crippen molar-refractivity contribution >= 4 is 5.91 Å². The molecule has 2 aromatic rings. The van der Waals surface area contributed by atoms with Crippen LogP contribution in [0.25, 0.3) is 0 Å². The number of hydrogen-bond donors (Lipinski definition) is 1. The van der Waals surface area contributed by atoms with Gasteiger partial charge in [0.05, 0.1) is 38.6 Å². The van der Waals surface area contributed by atoms with Gasteiger partial charge >= 0.3 is 0 Å². The van der Waals surface area contributed by atoms with Crippen LogP contribution < -0.4 is 4.74 Å². The Balaban J connectivity index is 1.15. The summed E-state index contributed by atoms with van der Waals surface area (Å²) in [6.45, 7) is 4.95. The van der Waals surface area contributed by atoms with Crippen molar-refractivity contribution in [1.82, 2.24) is 19.7 Å². The van der Waals surface area contributed by atoms with E-state index in [2.05, 4.69) is 11.9 Å². The second-order valence-electron chi connectivity index (χ2n) is 10.8. The molecule has 200 valence electrons. The highest BCUT2D eigenvalue weighted by molar-refractivity contribution is 5.95. The van der Waals surface area contributed by atoms with Crippen LogP contribution in [0.3, 0.4) is 0 Å². The molecule has 3 fully saturated rings. The van der Waals surface area contributed by atoms with Crippen molar-refractivity contribution in [1.29, 1.82) is 0 Å². The fourth-order valence-corrected chi connectivity index (χ4v) is 6.43. The molecule has 4 aliphatic rings. The summed E-state index contributed by atoms with van der Waals surface area (Å²) in [5.41, 5.74) is 2.90. The zero-order valence-electron chi connectivity index (χ0n) is 21.2. The number of fused-ring (bicyclic) bond motifs is 3. The van der Waals surface area contributed by atoms with Crippen LogP contribution in [-0.2, 0) is 22.4 Å². The van der Waals surface area contributed by atoms with Gasteiger partial charge in [-0.3, -0.25) is 9.48 Å². The van der Waals surface area contributed by atoms with Crippen LogP contribution in [0.4, 0.5) is 4.39 Å². The van der Waals surface area contributed by atoms with Crippen molar-refractivity contribution in [2.45, 2.75) is 69.8 Å². The summed E-state index contributed by atoms with van der Waals surface area (Å²) in [7, 11) is 0. The number of carbonyl (C=O) groups excluding carboxylic acids is 1. The van der Waals surface area contributed by atoms with Gasteiger partial charge in [-0.25, -0.2) is 9.37 Å². The number of carbonyl (C=O) groups is 1. The molecule has 2 aromatic heterocycles. The molecule has 0 aromatic carbocycles. The Bertz CT molecular complexity index is 1130. The Morgan fingerprint density at radius 2 is 2.11 bits per heavy atom. The number of hydrogen-bond acceptors (Lipinski definition) is 7. The molecule has 1 saturated carbocycles. The Morgan fingerprint density at radius 3 is 2.89 bits per heavy atom. The number of ether oxygens (including phenoxy) is 3. The van der Waals surface area contributed by atoms with Gasteiger partial charge in [-0.2, -0.15) is 5.10 Å². The Morgan fingerprint density at radius 1 is 1.27 bits per heavy atom. The molecular formula is C27H35FN4O5. The van der Waals surface area contributed by atoms with Crippen molar-refractivity contribution in [3.63, 3.8) is 0 Å². The summed E-state index contributed by atoms with van der Waals surface area (Å²) in [5, 5.41) is 13.9. The second-order valence-corrected chi connectivity index (χ2v) is 10.8. The number of aliphatic hydroxyl groups excluding tert-OH is 1. The van der Waals surface area contributed by atoms with Crippen LogP contribution in [0.2, 0.25) is 0 Å². The summed E-state index contributed by atoms with van der Waals surface area (Å²) in [5.74, 6) is 1.18. The third-order valence-corrected chi connectivity index (χ3v) is 8.50. The SMILES string of the molecule is C[C@@H]1[C@@H]2Cc3c(c(C(=O)N4CCC(OCCO)CC4)nn3C[C@H]3C[C@H](Oc4ncccc4F)CCO3)[C@H]12. The average molecular weight is 515 g/mol. The average Bonchev–Trinajstić information content (AvgIpc) is 3.22. The van der Waals surface area contributed by atoms with Gasteiger partial charge in [0.1, 0.15) is 6.10 Å². The predicted octanol–water partition coefficient (Wildman–Crippen LogP) is 2.56. The molecule has 37 heavy (non-hydrogen) atoms. The van der Waals surface area contributed by atoms with Crippen molar-refractivity contribution in [3.05, 3.63) is 41.1 Å². The number of halogens is 1. The smallest absolute Gasteiger partial charge is 0.274 e. The van der Waals surface area contributed by atoms with E-state index in [1.807, 2.05) is 9.58 Å². The molecule has 6 rings (SSSR count). The first-order valence-corrected chi connectivity index (χ1v) is 13.5. The molecule has 10 heteroatoms. The van der Waals surface area contributed by atoms with E-state index in [4.69, 9.17) is 24.4 Å². The van der Waals surface area contributed by atoms with Crippen molar-refractivity contribution in [3.8, 4) is 5.88 Å². The molecule has 9 nitrogen and oxygen atoms in total. The molecule has 0 unspecified atom stereocenters. The Labute approximate surface area is 215 Å². The van der Waals surface area contributed by atoms with Crippen molar-refractivity contribution in [2.75, 3.05) is 32.9 Å². The predicted molar refractivity (Wildman–Crippen MR) is 131 cm³/mol. The minimum absolute atomic E-state index is 0.00626. The van der Waals surface area contributed by atoms with Gasteiger partial charge in [0.25, 0.3) is 11.8 Å². The number of piperidine rings is 1. The summed E-state index contributed by atoms with van der Waals surface area (Å²) in [4.78, 5) is 19.5. The minimum Gasteiger partial charge on any atom is -0.472 e. The second kappa shape index (κ2) is 10.3. The topological polar surface area (TPSA) is 98.9 Å². The third-order valence-electron chi connectivity index (χ3n) is 8.50. The van der Waals surface area contributed by atoms with Crippen LogP contribution >= 0.6 is 0 Å². The summed E-state index contributed by atoms with van der Waals surface area (Å²) < 4.78 is 33.6. The number of amides is 1. The molecule has 2 aliphatic heterocycles. The molecule has 0 bridgehead atoms. The van der Waals surface area contributed by atoms with E-state index < -0.39 is 5.82 Å². The number of pyridine rings is 1. The number of aromatic nitrogens is 3. The van der Waals surface area contributed by atoms with Gasteiger partial charge in [-0.1, -0.05) is 6.92 Å². The van der Waals surface area contributed by atoms with E-state index >= 15 is 0 Å². The van der Waals surface area contributed by atoms with Gasteiger partial charge in [0.2, 0.25) is 0 Å². The highest BCUT2D eigenvalue weighted by Crippen LogP contribution is 2.62. The quantitative estimate of drug-likeness (QED) is 0.578. The largest absolute Gasteiger partial charge is 0.472 e.